The summed E-state index contributed by atoms with van der Waals surface area (Å²) in [5, 5.41) is 6.08. The van der Waals surface area contributed by atoms with Gasteiger partial charge in [-0.15, -0.1) is 0 Å². The lowest BCUT2D eigenvalue weighted by Crippen LogP contribution is -2.49. The number of carbonyl (C=O) groups excluding carboxylic acids is 1. The monoisotopic (exact) mass is 320 g/mol. The van der Waals surface area contributed by atoms with Crippen molar-refractivity contribution in [1.29, 1.82) is 0 Å². The van der Waals surface area contributed by atoms with Gasteiger partial charge in [-0.05, 0) is 12.8 Å². The van der Waals surface area contributed by atoms with Gasteiger partial charge >= 0.3 is 0 Å². The predicted octanol–water partition coefficient (Wildman–Crippen LogP) is -0.205. The number of nitrogens with zero attached hydrogens (tertiary/aromatic N) is 3. The average Bonchev–Trinajstić information content (AvgIpc) is 2.50. The molecule has 1 saturated heterocycles. The van der Waals surface area contributed by atoms with Gasteiger partial charge in [0.15, 0.2) is 0 Å². The smallest absolute Gasteiger partial charge is 0.234 e. The largest absolute Gasteiger partial charge is 0.379 e. The Morgan fingerprint density at radius 1 is 1.39 bits per heavy atom. The van der Waals surface area contributed by atoms with Crippen LogP contribution in [-0.2, 0) is 9.53 Å². The third-order valence-corrected chi connectivity index (χ3v) is 4.41. The maximum absolute atomic E-state index is 12.1. The van der Waals surface area contributed by atoms with Crippen molar-refractivity contribution in [3.8, 4) is 0 Å². The van der Waals surface area contributed by atoms with Gasteiger partial charge < -0.3 is 21.1 Å². The van der Waals surface area contributed by atoms with Gasteiger partial charge in [0.05, 0.1) is 25.5 Å². The molecule has 8 heteroatoms. The summed E-state index contributed by atoms with van der Waals surface area (Å²) in [7, 11) is 1.81. The quantitative estimate of drug-likeness (QED) is 0.689. The van der Waals surface area contributed by atoms with E-state index in [0.29, 0.717) is 25.7 Å². The minimum atomic E-state index is 0.0912. The Morgan fingerprint density at radius 3 is 2.83 bits per heavy atom. The molecule has 0 radical (unpaired) electrons. The number of carbonyl (C=O) groups is 1. The van der Waals surface area contributed by atoms with Gasteiger partial charge in [-0.1, -0.05) is 0 Å². The second-order valence-electron chi connectivity index (χ2n) is 6.11. The van der Waals surface area contributed by atoms with Gasteiger partial charge in [-0.2, -0.15) is 4.98 Å². The summed E-state index contributed by atoms with van der Waals surface area (Å²) in [6.07, 6.45) is 1.79. The molecule has 2 aliphatic rings. The van der Waals surface area contributed by atoms with Crippen molar-refractivity contribution < 1.29 is 9.53 Å². The fourth-order valence-corrected chi connectivity index (χ4v) is 3.04. The van der Waals surface area contributed by atoms with Gasteiger partial charge in [0.25, 0.3) is 0 Å². The van der Waals surface area contributed by atoms with Gasteiger partial charge in [-0.3, -0.25) is 9.69 Å². The molecule has 1 saturated carbocycles. The maximum atomic E-state index is 12.1. The normalized spacial score (nSPS) is 24.7. The number of nitrogens with one attached hydrogen (secondary N) is 2. The van der Waals surface area contributed by atoms with E-state index < -0.39 is 0 Å². The SMILES string of the molecule is CNc1cc(C2CC(NC(=O)CN3CCOCC3)C2)nc(N)n1. The van der Waals surface area contributed by atoms with Crippen LogP contribution in [0.4, 0.5) is 11.8 Å². The van der Waals surface area contributed by atoms with Crippen LogP contribution in [0.3, 0.4) is 0 Å². The number of nitrogen functional groups attached to an aromatic ring is 1. The van der Waals surface area contributed by atoms with Crippen molar-refractivity contribution in [2.24, 2.45) is 0 Å². The number of hydrogen-bond acceptors (Lipinski definition) is 7. The average molecular weight is 320 g/mol. The van der Waals surface area contributed by atoms with Crippen molar-refractivity contribution in [1.82, 2.24) is 20.2 Å². The molecule has 0 aromatic carbocycles. The molecule has 1 aliphatic heterocycles. The molecule has 1 aliphatic carbocycles. The summed E-state index contributed by atoms with van der Waals surface area (Å²) in [6.45, 7) is 3.53. The Balaban J connectivity index is 1.45. The van der Waals surface area contributed by atoms with E-state index in [0.717, 1.165) is 37.4 Å². The molecular weight excluding hydrogens is 296 g/mol. The van der Waals surface area contributed by atoms with Crippen molar-refractivity contribution in [2.75, 3.05) is 50.9 Å². The molecule has 126 valence electrons. The minimum Gasteiger partial charge on any atom is -0.379 e. The standard InChI is InChI=1S/C15H24N6O2/c1-17-13-8-12(19-15(16)20-13)10-6-11(7-10)18-14(22)9-21-2-4-23-5-3-21/h8,10-11H,2-7,9H2,1H3,(H,18,22)(H3,16,17,19,20). The number of aromatic nitrogens is 2. The second-order valence-corrected chi connectivity index (χ2v) is 6.11. The topological polar surface area (TPSA) is 105 Å². The molecular formula is C15H24N6O2. The Kier molecular flexibility index (Phi) is 4.92. The highest BCUT2D eigenvalue weighted by Gasteiger charge is 2.33. The molecule has 0 unspecified atom stereocenters. The highest BCUT2D eigenvalue weighted by molar-refractivity contribution is 5.78. The predicted molar refractivity (Wildman–Crippen MR) is 87.2 cm³/mol. The molecule has 23 heavy (non-hydrogen) atoms. The minimum absolute atomic E-state index is 0.0912. The van der Waals surface area contributed by atoms with Crippen LogP contribution in [0.5, 0.6) is 0 Å². The van der Waals surface area contributed by atoms with Crippen LogP contribution >= 0.6 is 0 Å². The van der Waals surface area contributed by atoms with Gasteiger partial charge in [0.1, 0.15) is 5.82 Å². The zero-order valence-corrected chi connectivity index (χ0v) is 13.4. The maximum Gasteiger partial charge on any atom is 0.234 e. The lowest BCUT2D eigenvalue weighted by atomic mass is 9.78. The first-order valence-corrected chi connectivity index (χ1v) is 8.05. The number of ether oxygens (including phenoxy) is 1. The molecule has 1 aromatic heterocycles. The molecule has 8 nitrogen and oxygen atoms in total. The lowest BCUT2D eigenvalue weighted by Gasteiger charge is -2.36. The van der Waals surface area contributed by atoms with E-state index in [2.05, 4.69) is 25.5 Å². The molecule has 0 bridgehead atoms. The molecule has 4 N–H and O–H groups in total. The number of hydrogen-bond donors (Lipinski definition) is 3. The molecule has 0 spiro atoms. The van der Waals surface area contributed by atoms with Crippen LogP contribution in [0, 0.1) is 0 Å². The van der Waals surface area contributed by atoms with Crippen LogP contribution in [0.15, 0.2) is 6.07 Å². The summed E-state index contributed by atoms with van der Waals surface area (Å²) in [4.78, 5) is 22.6. The van der Waals surface area contributed by atoms with Crippen LogP contribution < -0.4 is 16.4 Å². The first-order chi connectivity index (χ1) is 11.1. The first-order valence-electron chi connectivity index (χ1n) is 8.05. The van der Waals surface area contributed by atoms with Crippen molar-refractivity contribution in [3.05, 3.63) is 11.8 Å². The first kappa shape index (κ1) is 15.9. The third kappa shape index (κ3) is 4.08. The summed E-state index contributed by atoms with van der Waals surface area (Å²) >= 11 is 0. The van der Waals surface area contributed by atoms with E-state index in [1.54, 1.807) is 7.05 Å². The van der Waals surface area contributed by atoms with Gasteiger partial charge in [-0.25, -0.2) is 4.98 Å². The van der Waals surface area contributed by atoms with Crippen molar-refractivity contribution >= 4 is 17.7 Å². The van der Waals surface area contributed by atoms with Gasteiger partial charge in [0.2, 0.25) is 11.9 Å². The summed E-state index contributed by atoms with van der Waals surface area (Å²) in [6, 6.07) is 2.15. The number of anilines is 2. The Labute approximate surface area is 135 Å². The van der Waals surface area contributed by atoms with E-state index in [1.807, 2.05) is 6.07 Å². The molecule has 0 atom stereocenters. The van der Waals surface area contributed by atoms with Crippen molar-refractivity contribution in [2.45, 2.75) is 24.8 Å². The van der Waals surface area contributed by atoms with Crippen LogP contribution in [0.1, 0.15) is 24.5 Å². The van der Waals surface area contributed by atoms with E-state index in [4.69, 9.17) is 10.5 Å². The Bertz CT molecular complexity index is 555. The summed E-state index contributed by atoms with van der Waals surface area (Å²) < 4.78 is 5.29. The summed E-state index contributed by atoms with van der Waals surface area (Å²) in [5.74, 6) is 1.44. The van der Waals surface area contributed by atoms with E-state index >= 15 is 0 Å². The third-order valence-electron chi connectivity index (χ3n) is 4.41. The molecule has 1 aromatic rings. The fourth-order valence-electron chi connectivity index (χ4n) is 3.04. The van der Waals surface area contributed by atoms with E-state index in [1.165, 1.54) is 0 Å². The zero-order valence-electron chi connectivity index (χ0n) is 13.4. The van der Waals surface area contributed by atoms with E-state index in [9.17, 15) is 4.79 Å². The highest BCUT2D eigenvalue weighted by atomic mass is 16.5. The number of morpholine rings is 1. The Morgan fingerprint density at radius 2 is 2.13 bits per heavy atom. The Hall–Kier alpha value is -1.93. The van der Waals surface area contributed by atoms with Crippen LogP contribution in [-0.4, -0.2) is 66.7 Å². The number of nitrogens with two attached hydrogens (primary N) is 1. The summed E-state index contributed by atoms with van der Waals surface area (Å²) in [5.41, 5.74) is 6.67. The van der Waals surface area contributed by atoms with Crippen LogP contribution in [0.2, 0.25) is 0 Å². The highest BCUT2D eigenvalue weighted by Crippen LogP contribution is 2.36. The molecule has 1 amide bonds. The van der Waals surface area contributed by atoms with E-state index in [-0.39, 0.29) is 17.9 Å². The number of rotatable bonds is 5. The lowest BCUT2D eigenvalue weighted by molar-refractivity contribution is -0.124. The second kappa shape index (κ2) is 7.10. The van der Waals surface area contributed by atoms with Gasteiger partial charge in [0, 0.05) is 38.2 Å². The van der Waals surface area contributed by atoms with Crippen LogP contribution in [0.25, 0.3) is 0 Å². The molecule has 2 fully saturated rings. The molecule has 3 rings (SSSR count). The molecule has 2 heterocycles. The van der Waals surface area contributed by atoms with Crippen molar-refractivity contribution in [3.63, 3.8) is 0 Å². The number of amides is 1. The fraction of sp³-hybridized carbons (Fsp3) is 0.667. The zero-order chi connectivity index (χ0) is 16.2.